The molecule has 47 heavy (non-hydrogen) atoms. The Hall–Kier alpha value is -5.86. The van der Waals surface area contributed by atoms with Gasteiger partial charge in [0.25, 0.3) is 0 Å². The lowest BCUT2D eigenvalue weighted by Crippen LogP contribution is -2.16. The zero-order valence-corrected chi connectivity index (χ0v) is 26.3. The number of furan rings is 1. The summed E-state index contributed by atoms with van der Waals surface area (Å²) in [7, 11) is 0. The van der Waals surface area contributed by atoms with Crippen LogP contribution in [0.3, 0.4) is 0 Å². The molecule has 0 radical (unpaired) electrons. The summed E-state index contributed by atoms with van der Waals surface area (Å²) in [6, 6.07) is 55.4. The molecule has 222 valence electrons. The van der Waals surface area contributed by atoms with Crippen LogP contribution in [0.2, 0.25) is 0 Å². The second-order valence-corrected chi connectivity index (χ2v) is 13.3. The number of rotatable bonds is 3. The van der Waals surface area contributed by atoms with Gasteiger partial charge in [0.15, 0.2) is 0 Å². The number of fused-ring (bicyclic) bond motifs is 11. The van der Waals surface area contributed by atoms with Gasteiger partial charge in [-0.25, -0.2) is 0 Å². The van der Waals surface area contributed by atoms with Crippen LogP contribution in [0.1, 0.15) is 25.0 Å². The van der Waals surface area contributed by atoms with Crippen molar-refractivity contribution in [2.75, 3.05) is 4.90 Å². The number of nitrogens with zero attached hydrogens (tertiary/aromatic N) is 1. The number of hydrogen-bond donors (Lipinski definition) is 0. The molecule has 1 heterocycles. The maximum Gasteiger partial charge on any atom is 0.135 e. The SMILES string of the molecule is CC1(C)c2ccccc2-c2ccc(N(c3ccc4oc5ccccc5c4c3)c3cccc4ccc5ccc6ccccc6c5c34)cc21. The first-order valence-corrected chi connectivity index (χ1v) is 16.4. The normalized spacial score (nSPS) is 13.5. The average Bonchev–Trinajstić information content (AvgIpc) is 3.60. The first-order valence-electron chi connectivity index (χ1n) is 16.4. The smallest absolute Gasteiger partial charge is 0.135 e. The molecule has 10 rings (SSSR count). The van der Waals surface area contributed by atoms with Crippen LogP contribution in [0, 0.1) is 0 Å². The van der Waals surface area contributed by atoms with Crippen molar-refractivity contribution in [3.8, 4) is 11.1 Å². The van der Waals surface area contributed by atoms with E-state index in [9.17, 15) is 0 Å². The predicted octanol–water partition coefficient (Wildman–Crippen LogP) is 12.8. The van der Waals surface area contributed by atoms with Crippen molar-refractivity contribution in [1.29, 1.82) is 0 Å². The number of para-hydroxylation sites is 1. The minimum Gasteiger partial charge on any atom is -0.456 e. The molecular weight excluding hydrogens is 571 g/mol. The third-order valence-corrected chi connectivity index (χ3v) is 10.4. The first-order chi connectivity index (χ1) is 23.1. The lowest BCUT2D eigenvalue weighted by atomic mass is 9.82. The van der Waals surface area contributed by atoms with Crippen LogP contribution in [-0.4, -0.2) is 0 Å². The van der Waals surface area contributed by atoms with Gasteiger partial charge < -0.3 is 9.32 Å². The molecule has 9 aromatic rings. The molecule has 0 unspecified atom stereocenters. The quantitative estimate of drug-likeness (QED) is 0.187. The van der Waals surface area contributed by atoms with Gasteiger partial charge in [0.1, 0.15) is 11.2 Å². The zero-order valence-electron chi connectivity index (χ0n) is 26.3. The summed E-state index contributed by atoms with van der Waals surface area (Å²) >= 11 is 0. The Morgan fingerprint density at radius 1 is 0.447 bits per heavy atom. The van der Waals surface area contributed by atoms with E-state index in [1.165, 1.54) is 54.6 Å². The molecule has 1 aromatic heterocycles. The standard InChI is InChI=1S/C45H31NO/c1-45(2)38-15-7-5-13-34(38)35-24-22-32(27-39(35)45)46(31-23-25-42-37(26-31)36-14-6-8-17-41(36)47-42)40-16-9-11-29-20-21-30-19-18-28-10-3-4-12-33(28)43(30)44(29)40/h3-27H,1-2H3. The molecule has 0 amide bonds. The predicted molar refractivity (Wildman–Crippen MR) is 198 cm³/mol. The van der Waals surface area contributed by atoms with E-state index >= 15 is 0 Å². The molecule has 1 aliphatic rings. The average molecular weight is 602 g/mol. The Labute approximate surface area is 273 Å². The van der Waals surface area contributed by atoms with Crippen LogP contribution in [0.4, 0.5) is 17.1 Å². The first kappa shape index (κ1) is 26.4. The Morgan fingerprint density at radius 2 is 1.09 bits per heavy atom. The summed E-state index contributed by atoms with van der Waals surface area (Å²) in [6.07, 6.45) is 0. The van der Waals surface area contributed by atoms with Crippen LogP contribution in [-0.2, 0) is 5.41 Å². The lowest BCUT2D eigenvalue weighted by molar-refractivity contribution is 0.660. The maximum atomic E-state index is 6.28. The topological polar surface area (TPSA) is 16.4 Å². The summed E-state index contributed by atoms with van der Waals surface area (Å²) in [4.78, 5) is 2.46. The maximum absolute atomic E-state index is 6.28. The highest BCUT2D eigenvalue weighted by molar-refractivity contribution is 6.24. The Balaban J connectivity index is 1.31. The van der Waals surface area contributed by atoms with Crippen LogP contribution < -0.4 is 4.90 Å². The zero-order chi connectivity index (χ0) is 31.3. The van der Waals surface area contributed by atoms with Gasteiger partial charge in [0, 0.05) is 32.9 Å². The molecule has 0 bridgehead atoms. The van der Waals surface area contributed by atoms with Gasteiger partial charge >= 0.3 is 0 Å². The van der Waals surface area contributed by atoms with Gasteiger partial charge in [0.05, 0.1) is 5.69 Å². The third kappa shape index (κ3) is 3.73. The largest absolute Gasteiger partial charge is 0.456 e. The second-order valence-electron chi connectivity index (χ2n) is 13.3. The van der Waals surface area contributed by atoms with Crippen LogP contribution in [0.25, 0.3) is 65.4 Å². The summed E-state index contributed by atoms with van der Waals surface area (Å²) in [5, 5.41) is 9.76. The van der Waals surface area contributed by atoms with Crippen molar-refractivity contribution >= 4 is 71.3 Å². The number of anilines is 3. The van der Waals surface area contributed by atoms with Gasteiger partial charge in [0.2, 0.25) is 0 Å². The van der Waals surface area contributed by atoms with Crippen LogP contribution >= 0.6 is 0 Å². The Morgan fingerprint density at radius 3 is 1.98 bits per heavy atom. The van der Waals surface area contributed by atoms with E-state index < -0.39 is 0 Å². The molecule has 0 fully saturated rings. The molecule has 0 saturated heterocycles. The van der Waals surface area contributed by atoms with Crippen molar-refractivity contribution in [2.24, 2.45) is 0 Å². The van der Waals surface area contributed by atoms with Crippen molar-refractivity contribution in [3.63, 3.8) is 0 Å². The van der Waals surface area contributed by atoms with Gasteiger partial charge in [-0.1, -0.05) is 123 Å². The molecule has 1 aliphatic carbocycles. The van der Waals surface area contributed by atoms with E-state index in [-0.39, 0.29) is 5.41 Å². The van der Waals surface area contributed by atoms with Crippen molar-refractivity contribution in [2.45, 2.75) is 19.3 Å². The van der Waals surface area contributed by atoms with E-state index in [1.54, 1.807) is 0 Å². The van der Waals surface area contributed by atoms with Crippen LogP contribution in [0.5, 0.6) is 0 Å². The van der Waals surface area contributed by atoms with Crippen molar-refractivity contribution < 1.29 is 4.42 Å². The fourth-order valence-corrected chi connectivity index (χ4v) is 8.15. The van der Waals surface area contributed by atoms with E-state index in [2.05, 4.69) is 164 Å². The summed E-state index contributed by atoms with van der Waals surface area (Å²) < 4.78 is 6.28. The van der Waals surface area contributed by atoms with Crippen molar-refractivity contribution in [3.05, 3.63) is 163 Å². The fourth-order valence-electron chi connectivity index (χ4n) is 8.15. The van der Waals surface area contributed by atoms with Crippen LogP contribution in [0.15, 0.2) is 156 Å². The van der Waals surface area contributed by atoms with Gasteiger partial charge in [-0.05, 0) is 91.6 Å². The molecular formula is C45H31NO. The van der Waals surface area contributed by atoms with Gasteiger partial charge in [-0.15, -0.1) is 0 Å². The van der Waals surface area contributed by atoms with Crippen molar-refractivity contribution in [1.82, 2.24) is 0 Å². The minimum atomic E-state index is -0.111. The molecule has 0 saturated carbocycles. The monoisotopic (exact) mass is 601 g/mol. The molecule has 0 atom stereocenters. The summed E-state index contributed by atoms with van der Waals surface area (Å²) in [6.45, 7) is 4.71. The molecule has 0 aliphatic heterocycles. The third-order valence-electron chi connectivity index (χ3n) is 10.4. The van der Waals surface area contributed by atoms with E-state index in [4.69, 9.17) is 4.42 Å². The highest BCUT2D eigenvalue weighted by Crippen LogP contribution is 2.51. The number of benzene rings is 8. The van der Waals surface area contributed by atoms with E-state index in [0.29, 0.717) is 0 Å². The van der Waals surface area contributed by atoms with Gasteiger partial charge in [-0.2, -0.15) is 0 Å². The second kappa shape index (κ2) is 9.57. The summed E-state index contributed by atoms with van der Waals surface area (Å²) in [5.74, 6) is 0. The lowest BCUT2D eigenvalue weighted by Gasteiger charge is -2.29. The highest BCUT2D eigenvalue weighted by atomic mass is 16.3. The molecule has 0 spiro atoms. The Kier molecular flexibility index (Phi) is 5.37. The minimum absolute atomic E-state index is 0.111. The molecule has 2 nitrogen and oxygen atoms in total. The highest BCUT2D eigenvalue weighted by Gasteiger charge is 2.36. The van der Waals surface area contributed by atoms with Gasteiger partial charge in [-0.3, -0.25) is 0 Å². The molecule has 0 N–H and O–H groups in total. The van der Waals surface area contributed by atoms with E-state index in [1.807, 2.05) is 6.07 Å². The molecule has 8 aromatic carbocycles. The number of hydrogen-bond acceptors (Lipinski definition) is 2. The fraction of sp³-hybridized carbons (Fsp3) is 0.0667. The van der Waals surface area contributed by atoms with E-state index in [0.717, 1.165) is 39.0 Å². The summed E-state index contributed by atoms with van der Waals surface area (Å²) in [5.41, 5.74) is 10.5. The molecule has 2 heteroatoms. The Bertz CT molecular complexity index is 2720.